The molecule has 2 fully saturated rings. The van der Waals surface area contributed by atoms with Gasteiger partial charge in [-0.1, -0.05) is 255 Å². The van der Waals surface area contributed by atoms with Gasteiger partial charge in [0.25, 0.3) is 23.6 Å². The first-order valence-corrected chi connectivity index (χ1v) is 52.2. The Kier molecular flexibility index (Phi) is 84.7. The van der Waals surface area contributed by atoms with Crippen molar-refractivity contribution in [3.05, 3.63) is 143 Å². The van der Waals surface area contributed by atoms with Crippen molar-refractivity contribution in [1.29, 1.82) is 0 Å². The van der Waals surface area contributed by atoms with E-state index in [0.29, 0.717) is 67.9 Å². The lowest BCUT2D eigenvalue weighted by Crippen LogP contribution is -2.32. The summed E-state index contributed by atoms with van der Waals surface area (Å²) in [5, 5.41) is 8.87. The van der Waals surface area contributed by atoms with Crippen LogP contribution in [0.25, 0.3) is 0 Å². The first-order valence-electron chi connectivity index (χ1n) is 52.2. The molecule has 3 N–H and O–H groups in total. The number of nitrogens with one attached hydrogen (secondary N) is 3. The van der Waals surface area contributed by atoms with Gasteiger partial charge in [0, 0.05) is 167 Å². The fraction of sp³-hybridized carbons (Fsp3) is 0.605. The molecular weight excluding hydrogens is 1800 g/mol. The van der Waals surface area contributed by atoms with E-state index >= 15 is 0 Å². The molecule has 2 unspecified atom stereocenters. The van der Waals surface area contributed by atoms with Gasteiger partial charge in [-0.3, -0.25) is 48.1 Å². The van der Waals surface area contributed by atoms with Crippen LogP contribution in [-0.2, 0) is 94.4 Å². The van der Waals surface area contributed by atoms with Crippen LogP contribution in [0.15, 0.2) is 109 Å². The highest BCUT2D eigenvalue weighted by molar-refractivity contribution is 6.12. The molecule has 0 spiro atoms. The van der Waals surface area contributed by atoms with E-state index < -0.39 is 17.8 Å². The van der Waals surface area contributed by atoms with Gasteiger partial charge < -0.3 is 59.1 Å². The van der Waals surface area contributed by atoms with E-state index in [4.69, 9.17) is 23.7 Å². The Bertz CT molecular complexity index is 4510. The Morgan fingerprint density at radius 3 is 1.29 bits per heavy atom. The molecule has 3 aliphatic carbocycles. The van der Waals surface area contributed by atoms with Gasteiger partial charge in [0.05, 0.1) is 57.5 Å². The number of Topliss-reactive ketones (excluding diaryl/α,β-unsaturated/α-hetero) is 1. The Labute approximate surface area is 865 Å². The maximum atomic E-state index is 12.8. The van der Waals surface area contributed by atoms with Gasteiger partial charge >= 0.3 is 5.97 Å². The predicted octanol–water partition coefficient (Wildman–Crippen LogP) is 23.1. The number of carbonyl (C=O) groups excluding carboxylic acids is 11. The molecule has 24 nitrogen and oxygen atoms in total. The number of hydroxylamine groups is 2. The number of benzene rings is 4. The summed E-state index contributed by atoms with van der Waals surface area (Å²) in [5.74, 6) is 28.5. The van der Waals surface area contributed by atoms with E-state index in [0.717, 1.165) is 185 Å². The minimum absolute atomic E-state index is 0.0298. The van der Waals surface area contributed by atoms with Crippen molar-refractivity contribution < 1.29 is 81.3 Å². The molecule has 143 heavy (non-hydrogen) atoms. The number of hydrogen-bond donors (Lipinski definition) is 3. The van der Waals surface area contributed by atoms with Crippen LogP contribution in [0.5, 0.6) is 0 Å². The second-order valence-corrected chi connectivity index (χ2v) is 36.5. The summed E-state index contributed by atoms with van der Waals surface area (Å²) < 4.78 is 25.8. The van der Waals surface area contributed by atoms with Gasteiger partial charge in [0.2, 0.25) is 29.5 Å². The van der Waals surface area contributed by atoms with Crippen molar-refractivity contribution >= 4 is 76.3 Å². The molecule has 7 aliphatic rings. The van der Waals surface area contributed by atoms with E-state index in [1.165, 1.54) is 70.6 Å². The Balaban J connectivity index is -0.000000764. The maximum Gasteiger partial charge on any atom is 0.330 e. The molecule has 798 valence electrons. The van der Waals surface area contributed by atoms with Crippen LogP contribution in [0, 0.1) is 93.7 Å². The lowest BCUT2D eigenvalue weighted by atomic mass is 9.91. The third-order valence-electron chi connectivity index (χ3n) is 20.8. The summed E-state index contributed by atoms with van der Waals surface area (Å²) in [5.41, 5.74) is 8.22. The SMILES string of the molecule is C#CC.C1#CCCCCCC1.CC.CC.CC.CC.CC.CC(=O)CCCC(=O)N1Cc2ccccc2C#Cc2ccccc21.CC(=O)ON1C(=O)CCC1=O.CCCCCC(=O)NCCCC(C)(C)C.CCCOCCOCC(C)(C)C.CN1C(=O)C=CC1=O.CNC(=O)CCC(=O)N1Cc2ccccc2C#Cc2ccccc21.COCC1C2CCC#CCCC21.COCCOCC(=O)NCCCC(C)(C)C. The molecule has 4 aliphatic heterocycles. The minimum atomic E-state index is -0.659. The second kappa shape index (κ2) is 87.6. The van der Waals surface area contributed by atoms with Gasteiger partial charge in [-0.2, -0.15) is 0 Å². The number of ether oxygens (including phenoxy) is 5. The van der Waals surface area contributed by atoms with Crippen LogP contribution in [0.1, 0.15) is 366 Å². The monoisotopic (exact) mass is 1980 g/mol. The zero-order valence-corrected chi connectivity index (χ0v) is 93.3. The number of likely N-dealkylation sites (N-methyl/N-ethyl adjacent to an activating group) is 1. The molecule has 0 radical (unpaired) electrons. The number of methoxy groups -OCH3 is 2. The summed E-state index contributed by atoms with van der Waals surface area (Å²) in [7, 11) is 6.44. The van der Waals surface area contributed by atoms with Crippen LogP contribution in [0.4, 0.5) is 11.4 Å². The number of carbonyl (C=O) groups is 11. The number of para-hydroxylation sites is 2. The quantitative estimate of drug-likeness (QED) is 0.0240. The zero-order valence-electron chi connectivity index (χ0n) is 93.3. The van der Waals surface area contributed by atoms with Gasteiger partial charge in [-0.05, 0) is 166 Å². The van der Waals surface area contributed by atoms with Crippen molar-refractivity contribution in [2.75, 3.05) is 104 Å². The Morgan fingerprint density at radius 1 is 0.462 bits per heavy atom. The molecule has 0 aromatic heterocycles. The standard InChI is InChI=1S/C21H19NO2.C20H18N2O2.C13H27NO.C12H25NO3.C11H16O.C10H22O2.C8H12.C6H7NO4.C5H5NO2.C3H4.5C2H6/c1-16(23)7-6-12-21(24)22-15-19-10-3-2-8-17(19)13-14-18-9-4-5-11-20(18)22;1-21-19(23)12-13-20(24)22-14-17-8-3-2-6-15(17)10-11-16-7-4-5-9-18(16)22;1-5-6-7-9-12(15)14-11-8-10-13(2,3)4;1-12(2,3)6-5-7-13-11(14)10-16-9-8-15-4;1-12-8-11-9-6-4-2-3-5-7-10(9)11;1-5-6-11-7-8-12-9-10(2,3)4;1-2-4-6-8-7-5-3-1;1-4(8)11-7-5(9)2-3-6(7)10;1-6-4(7)2-3-5(6)8;1-3-2;5*1-2/h2-5,8-11H,6-7,12,15H2,1H3;2-9H,12-14H2,1H3,(H,21,23);5-11H2,1-4H3,(H,14,15);5-10H2,1-4H3,(H,13,14);9-11H,4-8H2,1H3;5-9H2,1-4H3;1-6H2;2-3H2,1H3;2-3H,1H3;1H,2H3;5*1-2H3. The van der Waals surface area contributed by atoms with E-state index in [1.807, 2.05) is 173 Å². The third-order valence-corrected chi connectivity index (χ3v) is 20.8. The number of ketones is 1. The van der Waals surface area contributed by atoms with Crippen LogP contribution in [0.2, 0.25) is 0 Å². The van der Waals surface area contributed by atoms with Crippen LogP contribution in [0.3, 0.4) is 0 Å². The first kappa shape index (κ1) is 138. The molecule has 1 saturated carbocycles. The highest BCUT2D eigenvalue weighted by Crippen LogP contribution is 2.52. The number of imide groups is 2. The van der Waals surface area contributed by atoms with Crippen LogP contribution < -0.4 is 25.8 Å². The molecule has 9 amide bonds. The average Bonchev–Trinajstić information content (AvgIpc) is 1.65. The molecule has 11 rings (SSSR count). The van der Waals surface area contributed by atoms with E-state index in [-0.39, 0.29) is 84.8 Å². The molecule has 24 heteroatoms. The summed E-state index contributed by atoms with van der Waals surface area (Å²) in [4.78, 5) is 132. The fourth-order valence-electron chi connectivity index (χ4n) is 13.6. The number of fused-ring (bicyclic) bond motifs is 5. The molecule has 4 aromatic rings. The normalized spacial score (nSPS) is 14.5. The van der Waals surface area contributed by atoms with Crippen molar-refractivity contribution in [3.63, 3.8) is 0 Å². The van der Waals surface area contributed by atoms with Gasteiger partial charge in [-0.25, -0.2) is 4.79 Å². The Hall–Kier alpha value is -11.0. The summed E-state index contributed by atoms with van der Waals surface area (Å²) >= 11 is 0. The minimum Gasteiger partial charge on any atom is -0.384 e. The number of amides is 9. The lowest BCUT2D eigenvalue weighted by Gasteiger charge is -2.26. The maximum absolute atomic E-state index is 12.8. The molecule has 4 aromatic carbocycles. The van der Waals surface area contributed by atoms with Crippen molar-refractivity contribution in [2.24, 2.45) is 34.0 Å². The Morgan fingerprint density at radius 2 is 0.881 bits per heavy atom. The summed E-state index contributed by atoms with van der Waals surface area (Å²) in [6.45, 7) is 56.1. The van der Waals surface area contributed by atoms with Crippen molar-refractivity contribution in [2.45, 2.75) is 346 Å². The number of hydrogen-bond acceptors (Lipinski definition) is 17. The number of terminal acetylenes is 1. The van der Waals surface area contributed by atoms with Crippen LogP contribution >= 0.6 is 0 Å². The highest BCUT2D eigenvalue weighted by atomic mass is 16.7. The van der Waals surface area contributed by atoms with Crippen molar-refractivity contribution in [1.82, 2.24) is 25.9 Å². The summed E-state index contributed by atoms with van der Waals surface area (Å²) in [6.07, 6.45) is 31.2. The van der Waals surface area contributed by atoms with Gasteiger partial charge in [-0.15, -0.1) is 41.1 Å². The molecule has 2 atom stereocenters. The van der Waals surface area contributed by atoms with Crippen LogP contribution in [-0.4, -0.2) is 169 Å². The largest absolute Gasteiger partial charge is 0.384 e. The second-order valence-electron chi connectivity index (χ2n) is 36.5. The van der Waals surface area contributed by atoms with E-state index in [1.54, 1.807) is 37.8 Å². The van der Waals surface area contributed by atoms with E-state index in [9.17, 15) is 52.7 Å². The average molecular weight is 1990 g/mol. The molecule has 4 heterocycles. The summed E-state index contributed by atoms with van der Waals surface area (Å²) in [6, 6.07) is 31.1. The lowest BCUT2D eigenvalue weighted by molar-refractivity contribution is -0.195. The first-order chi connectivity index (χ1) is 68.5. The third kappa shape index (κ3) is 70.4. The number of unbranched alkanes of at least 4 members (excludes halogenated alkanes) is 2. The van der Waals surface area contributed by atoms with Crippen molar-refractivity contribution in [3.8, 4) is 59.7 Å². The number of rotatable bonds is 31. The molecule has 1 saturated heterocycles. The number of anilines is 2. The predicted molar refractivity (Wildman–Crippen MR) is 585 cm³/mol. The molecular formula is C119H185N7O17. The van der Waals surface area contributed by atoms with Gasteiger partial charge in [0.1, 0.15) is 12.4 Å². The van der Waals surface area contributed by atoms with E-state index in [2.05, 4.69) is 157 Å². The number of nitrogens with zero attached hydrogens (tertiary/aromatic N) is 4. The smallest absolute Gasteiger partial charge is 0.330 e. The molecule has 0 bridgehead atoms. The topological polar surface area (TPSA) is 292 Å². The fourth-order valence-corrected chi connectivity index (χ4v) is 13.6. The van der Waals surface area contributed by atoms with Gasteiger partial charge in [0.15, 0.2) is 0 Å². The zero-order chi connectivity index (χ0) is 109. The highest BCUT2D eigenvalue weighted by Gasteiger charge is 2.48.